The first-order chi connectivity index (χ1) is 10.1. The number of hydrogen-bond donors (Lipinski definition) is 0. The molecule has 0 amide bonds. The van der Waals surface area contributed by atoms with Gasteiger partial charge < -0.3 is 0 Å². The zero-order valence-corrected chi connectivity index (χ0v) is 12.9. The minimum absolute atomic E-state index is 0.216. The van der Waals surface area contributed by atoms with E-state index in [-0.39, 0.29) is 11.7 Å². The monoisotopic (exact) mass is 288 g/mol. The maximum atomic E-state index is 13.1. The van der Waals surface area contributed by atoms with Gasteiger partial charge >= 0.3 is 0 Å². The number of aryl methyl sites for hydroxylation is 1. The summed E-state index contributed by atoms with van der Waals surface area (Å²) in [7, 11) is 0. The summed E-state index contributed by atoms with van der Waals surface area (Å²) in [4.78, 5) is 12.6. The fraction of sp³-hybridized carbons (Fsp3) is 0.632. The van der Waals surface area contributed by atoms with Crippen LogP contribution < -0.4 is 0 Å². The van der Waals surface area contributed by atoms with E-state index in [0.29, 0.717) is 12.2 Å². The van der Waals surface area contributed by atoms with Gasteiger partial charge in [-0.2, -0.15) is 0 Å². The number of ketones is 1. The Morgan fingerprint density at radius 3 is 2.67 bits per heavy atom. The van der Waals surface area contributed by atoms with Gasteiger partial charge in [-0.3, -0.25) is 4.79 Å². The molecule has 2 fully saturated rings. The highest BCUT2D eigenvalue weighted by Crippen LogP contribution is 2.43. The minimum atomic E-state index is -0.216. The van der Waals surface area contributed by atoms with E-state index in [4.69, 9.17) is 0 Å². The maximum Gasteiger partial charge on any atom is 0.140 e. The molecule has 114 valence electrons. The third-order valence-corrected chi connectivity index (χ3v) is 5.66. The van der Waals surface area contributed by atoms with Crippen molar-refractivity contribution in [3.05, 3.63) is 35.1 Å². The van der Waals surface area contributed by atoms with Gasteiger partial charge in [-0.1, -0.05) is 31.7 Å². The standard InChI is InChI=1S/C19H25FO/c1-13-10-18(20)9-8-15(13)12-19(21)17-7-6-14-4-2-3-5-16(14)11-17/h8-10,14,16-17H,2-7,11-12H2,1H3. The van der Waals surface area contributed by atoms with E-state index in [9.17, 15) is 9.18 Å². The Kier molecular flexibility index (Phi) is 4.42. The van der Waals surface area contributed by atoms with Crippen molar-refractivity contribution in [3.63, 3.8) is 0 Å². The molecule has 1 aromatic rings. The number of carbonyl (C=O) groups excluding carboxylic acids is 1. The Balaban J connectivity index is 1.63. The van der Waals surface area contributed by atoms with Crippen LogP contribution in [0.5, 0.6) is 0 Å². The molecular weight excluding hydrogens is 263 g/mol. The van der Waals surface area contributed by atoms with E-state index in [1.807, 2.05) is 6.92 Å². The first-order valence-electron chi connectivity index (χ1n) is 8.41. The molecule has 0 radical (unpaired) electrons. The van der Waals surface area contributed by atoms with Gasteiger partial charge in [0, 0.05) is 12.3 Å². The summed E-state index contributed by atoms with van der Waals surface area (Å²) in [5, 5.41) is 0. The summed E-state index contributed by atoms with van der Waals surface area (Å²) in [6, 6.07) is 4.77. The van der Waals surface area contributed by atoms with Crippen molar-refractivity contribution in [3.8, 4) is 0 Å². The number of rotatable bonds is 3. The molecule has 3 atom stereocenters. The van der Waals surface area contributed by atoms with Gasteiger partial charge in [-0.15, -0.1) is 0 Å². The Bertz CT molecular complexity index is 522. The number of Topliss-reactive ketones (excluding diaryl/α,β-unsaturated/α-hetero) is 1. The number of carbonyl (C=O) groups is 1. The molecule has 21 heavy (non-hydrogen) atoms. The predicted molar refractivity (Wildman–Crippen MR) is 82.6 cm³/mol. The van der Waals surface area contributed by atoms with E-state index in [2.05, 4.69) is 0 Å². The molecule has 2 heteroatoms. The molecule has 0 bridgehead atoms. The fourth-order valence-corrected chi connectivity index (χ4v) is 4.36. The zero-order valence-electron chi connectivity index (χ0n) is 12.9. The second-order valence-electron chi connectivity index (χ2n) is 7.03. The second-order valence-corrected chi connectivity index (χ2v) is 7.03. The van der Waals surface area contributed by atoms with Crippen molar-refractivity contribution >= 4 is 5.78 Å². The quantitative estimate of drug-likeness (QED) is 0.777. The van der Waals surface area contributed by atoms with Gasteiger partial charge in [0.15, 0.2) is 0 Å². The van der Waals surface area contributed by atoms with Gasteiger partial charge in [-0.25, -0.2) is 4.39 Å². The van der Waals surface area contributed by atoms with Crippen LogP contribution in [0.4, 0.5) is 4.39 Å². The SMILES string of the molecule is Cc1cc(F)ccc1CC(=O)C1CCC2CCCCC2C1. The van der Waals surface area contributed by atoms with Gasteiger partial charge in [0.05, 0.1) is 0 Å². The van der Waals surface area contributed by atoms with Crippen LogP contribution in [0.15, 0.2) is 18.2 Å². The summed E-state index contributed by atoms with van der Waals surface area (Å²) in [6.45, 7) is 1.89. The fourth-order valence-electron chi connectivity index (χ4n) is 4.36. The molecule has 0 heterocycles. The summed E-state index contributed by atoms with van der Waals surface area (Å²) >= 11 is 0. The molecule has 3 rings (SSSR count). The molecule has 1 nitrogen and oxygen atoms in total. The Morgan fingerprint density at radius 1 is 1.14 bits per heavy atom. The molecule has 2 aliphatic rings. The van der Waals surface area contributed by atoms with Crippen LogP contribution in [0.3, 0.4) is 0 Å². The van der Waals surface area contributed by atoms with Crippen LogP contribution in [0, 0.1) is 30.5 Å². The zero-order chi connectivity index (χ0) is 14.8. The average Bonchev–Trinajstić information content (AvgIpc) is 2.49. The molecular formula is C19H25FO. The number of benzene rings is 1. The predicted octanol–water partition coefficient (Wildman–Crippen LogP) is 4.85. The van der Waals surface area contributed by atoms with Crippen molar-refractivity contribution < 1.29 is 9.18 Å². The highest BCUT2D eigenvalue weighted by molar-refractivity contribution is 5.83. The molecule has 2 aliphatic carbocycles. The van der Waals surface area contributed by atoms with E-state index >= 15 is 0 Å². The van der Waals surface area contributed by atoms with Crippen LogP contribution >= 0.6 is 0 Å². The lowest BCUT2D eigenvalue weighted by molar-refractivity contribution is -0.124. The Morgan fingerprint density at radius 2 is 1.90 bits per heavy atom. The first kappa shape index (κ1) is 14.7. The molecule has 0 spiro atoms. The first-order valence-corrected chi connectivity index (χ1v) is 8.41. The second kappa shape index (κ2) is 6.29. The van der Waals surface area contributed by atoms with Crippen molar-refractivity contribution in [1.82, 2.24) is 0 Å². The number of fused-ring (bicyclic) bond motifs is 1. The minimum Gasteiger partial charge on any atom is -0.299 e. The van der Waals surface area contributed by atoms with Crippen LogP contribution in [0.1, 0.15) is 56.1 Å². The molecule has 0 N–H and O–H groups in total. The van der Waals surface area contributed by atoms with Crippen LogP contribution in [-0.2, 0) is 11.2 Å². The van der Waals surface area contributed by atoms with E-state index in [0.717, 1.165) is 35.8 Å². The Hall–Kier alpha value is -1.18. The van der Waals surface area contributed by atoms with Gasteiger partial charge in [0.25, 0.3) is 0 Å². The normalized spacial score (nSPS) is 29.0. The lowest BCUT2D eigenvalue weighted by Gasteiger charge is -2.38. The van der Waals surface area contributed by atoms with E-state index in [1.165, 1.54) is 44.2 Å². The topological polar surface area (TPSA) is 17.1 Å². The smallest absolute Gasteiger partial charge is 0.140 e. The van der Waals surface area contributed by atoms with Gasteiger partial charge in [0.2, 0.25) is 0 Å². The highest BCUT2D eigenvalue weighted by Gasteiger charge is 2.34. The van der Waals surface area contributed by atoms with Gasteiger partial charge in [-0.05, 0) is 61.3 Å². The van der Waals surface area contributed by atoms with Crippen molar-refractivity contribution in [2.24, 2.45) is 17.8 Å². The van der Waals surface area contributed by atoms with Crippen molar-refractivity contribution in [2.75, 3.05) is 0 Å². The van der Waals surface area contributed by atoms with Crippen LogP contribution in [0.25, 0.3) is 0 Å². The Labute approximate surface area is 126 Å². The number of halogens is 1. The summed E-state index contributed by atoms with van der Waals surface area (Å²) in [6.07, 6.45) is 9.32. The summed E-state index contributed by atoms with van der Waals surface area (Å²) in [5.74, 6) is 2.07. The molecule has 2 saturated carbocycles. The van der Waals surface area contributed by atoms with Crippen LogP contribution in [0.2, 0.25) is 0 Å². The highest BCUT2D eigenvalue weighted by atomic mass is 19.1. The summed E-state index contributed by atoms with van der Waals surface area (Å²) < 4.78 is 13.1. The number of hydrogen-bond acceptors (Lipinski definition) is 1. The van der Waals surface area contributed by atoms with Crippen LogP contribution in [-0.4, -0.2) is 5.78 Å². The largest absolute Gasteiger partial charge is 0.299 e. The lowest BCUT2D eigenvalue weighted by Crippen LogP contribution is -2.31. The molecule has 0 saturated heterocycles. The molecule has 3 unspecified atom stereocenters. The van der Waals surface area contributed by atoms with Crippen molar-refractivity contribution in [1.29, 1.82) is 0 Å². The lowest BCUT2D eigenvalue weighted by atomic mass is 9.66. The summed E-state index contributed by atoms with van der Waals surface area (Å²) in [5.41, 5.74) is 1.89. The molecule has 0 aromatic heterocycles. The third kappa shape index (κ3) is 3.36. The van der Waals surface area contributed by atoms with Gasteiger partial charge in [0.1, 0.15) is 11.6 Å². The molecule has 1 aromatic carbocycles. The van der Waals surface area contributed by atoms with Crippen molar-refractivity contribution in [2.45, 2.75) is 58.3 Å². The molecule has 0 aliphatic heterocycles. The maximum absolute atomic E-state index is 13.1. The van der Waals surface area contributed by atoms with E-state index < -0.39 is 0 Å². The van der Waals surface area contributed by atoms with E-state index in [1.54, 1.807) is 6.07 Å². The third-order valence-electron chi connectivity index (χ3n) is 5.66. The average molecular weight is 288 g/mol.